The Balaban J connectivity index is 1.55. The molecule has 1 aliphatic rings. The van der Waals surface area contributed by atoms with Crippen LogP contribution >= 0.6 is 23.2 Å². The van der Waals surface area contributed by atoms with Gasteiger partial charge in [-0.1, -0.05) is 53.5 Å². The van der Waals surface area contributed by atoms with Gasteiger partial charge < -0.3 is 9.80 Å². The third-order valence-corrected chi connectivity index (χ3v) is 6.59. The number of benzene rings is 3. The predicted molar refractivity (Wildman–Crippen MR) is 129 cm³/mol. The number of anilines is 1. The molecule has 178 valence electrons. The molecule has 3 nitrogen and oxygen atoms in total. The predicted octanol–water partition coefficient (Wildman–Crippen LogP) is 6.95. The molecular weight excluding hydrogens is 484 g/mol. The highest BCUT2D eigenvalue weighted by Gasteiger charge is 2.32. The summed E-state index contributed by atoms with van der Waals surface area (Å²) in [7, 11) is 0. The molecule has 0 N–H and O–H groups in total. The normalized spacial score (nSPS) is 16.6. The van der Waals surface area contributed by atoms with E-state index in [2.05, 4.69) is 4.90 Å². The highest BCUT2D eigenvalue weighted by molar-refractivity contribution is 6.33. The van der Waals surface area contributed by atoms with Crippen LogP contribution in [0.4, 0.5) is 18.9 Å². The molecule has 0 saturated carbocycles. The van der Waals surface area contributed by atoms with Crippen LogP contribution in [0, 0.1) is 6.92 Å². The topological polar surface area (TPSA) is 23.6 Å². The molecular formula is C26H23Cl2F3N2O. The van der Waals surface area contributed by atoms with Gasteiger partial charge in [0.05, 0.1) is 28.7 Å². The first-order chi connectivity index (χ1) is 16.1. The molecule has 1 saturated heterocycles. The highest BCUT2D eigenvalue weighted by atomic mass is 35.5. The van der Waals surface area contributed by atoms with E-state index in [0.717, 1.165) is 28.9 Å². The molecule has 1 fully saturated rings. The number of alkyl halides is 3. The lowest BCUT2D eigenvalue weighted by Crippen LogP contribution is -2.51. The Morgan fingerprint density at radius 3 is 2.26 bits per heavy atom. The summed E-state index contributed by atoms with van der Waals surface area (Å²) >= 11 is 12.7. The zero-order chi connectivity index (χ0) is 24.5. The molecule has 0 spiro atoms. The summed E-state index contributed by atoms with van der Waals surface area (Å²) in [5.74, 6) is -0.131. The van der Waals surface area contributed by atoms with E-state index >= 15 is 0 Å². The molecule has 1 unspecified atom stereocenters. The standard InChI is InChI=1S/C26H23Cl2F3N2O/c1-17-2-11-23(22(28)14-17)33-13-12-32(16-24(33)19-5-9-21(27)10-6-19)25(34)15-18-3-7-20(8-4-18)26(29,30)31/h2-11,14,24H,12-13,15-16H2,1H3. The van der Waals surface area contributed by atoms with Gasteiger partial charge in [0.15, 0.2) is 0 Å². The fraction of sp³-hybridized carbons (Fsp3) is 0.269. The van der Waals surface area contributed by atoms with Crippen LogP contribution in [0.3, 0.4) is 0 Å². The van der Waals surface area contributed by atoms with E-state index < -0.39 is 11.7 Å². The van der Waals surface area contributed by atoms with Crippen LogP contribution in [0.25, 0.3) is 0 Å². The minimum Gasteiger partial charge on any atom is -0.360 e. The number of aryl methyl sites for hydroxylation is 1. The van der Waals surface area contributed by atoms with Crippen molar-refractivity contribution in [3.63, 3.8) is 0 Å². The van der Waals surface area contributed by atoms with Crippen molar-refractivity contribution < 1.29 is 18.0 Å². The molecule has 1 amide bonds. The van der Waals surface area contributed by atoms with Gasteiger partial charge in [0.1, 0.15) is 0 Å². The number of carbonyl (C=O) groups excluding carboxylic acids is 1. The van der Waals surface area contributed by atoms with E-state index in [1.54, 1.807) is 4.90 Å². The average Bonchev–Trinajstić information content (AvgIpc) is 2.79. The van der Waals surface area contributed by atoms with Gasteiger partial charge in [-0.3, -0.25) is 4.79 Å². The zero-order valence-electron chi connectivity index (χ0n) is 18.4. The Kier molecular flexibility index (Phi) is 7.10. The molecule has 0 bridgehead atoms. The maximum absolute atomic E-state index is 13.1. The van der Waals surface area contributed by atoms with Gasteiger partial charge >= 0.3 is 6.18 Å². The van der Waals surface area contributed by atoms with Crippen LogP contribution in [-0.4, -0.2) is 30.4 Å². The van der Waals surface area contributed by atoms with Crippen molar-refractivity contribution in [1.29, 1.82) is 0 Å². The first-order valence-corrected chi connectivity index (χ1v) is 11.6. The number of rotatable bonds is 4. The van der Waals surface area contributed by atoms with E-state index in [0.29, 0.717) is 35.2 Å². The minimum atomic E-state index is -4.40. The number of nitrogens with zero attached hydrogens (tertiary/aromatic N) is 2. The summed E-state index contributed by atoms with van der Waals surface area (Å²) < 4.78 is 38.5. The Hall–Kier alpha value is -2.70. The van der Waals surface area contributed by atoms with Crippen LogP contribution in [0.15, 0.2) is 66.7 Å². The van der Waals surface area contributed by atoms with Crippen LogP contribution in [0.5, 0.6) is 0 Å². The van der Waals surface area contributed by atoms with E-state index in [9.17, 15) is 18.0 Å². The Bertz CT molecular complexity index is 1160. The van der Waals surface area contributed by atoms with Gasteiger partial charge in [0, 0.05) is 24.7 Å². The summed E-state index contributed by atoms with van der Waals surface area (Å²) in [6, 6.07) is 18.0. The molecule has 3 aromatic rings. The molecule has 34 heavy (non-hydrogen) atoms. The summed E-state index contributed by atoms with van der Waals surface area (Å²) in [5.41, 5.74) is 2.76. The summed E-state index contributed by atoms with van der Waals surface area (Å²) in [5, 5.41) is 1.26. The fourth-order valence-electron chi connectivity index (χ4n) is 4.21. The SMILES string of the molecule is Cc1ccc(N2CCN(C(=O)Cc3ccc(C(F)(F)F)cc3)CC2c2ccc(Cl)cc2)c(Cl)c1. The van der Waals surface area contributed by atoms with Crippen LogP contribution in [0.1, 0.15) is 28.3 Å². The molecule has 4 rings (SSSR count). The smallest absolute Gasteiger partial charge is 0.360 e. The van der Waals surface area contributed by atoms with Gasteiger partial charge in [-0.25, -0.2) is 0 Å². The van der Waals surface area contributed by atoms with E-state index in [4.69, 9.17) is 23.2 Å². The van der Waals surface area contributed by atoms with Crippen molar-refractivity contribution in [2.75, 3.05) is 24.5 Å². The van der Waals surface area contributed by atoms with Crippen molar-refractivity contribution >= 4 is 34.8 Å². The molecule has 3 aromatic carbocycles. The third-order valence-electron chi connectivity index (χ3n) is 6.04. The molecule has 1 atom stereocenters. The van der Waals surface area contributed by atoms with Crippen molar-refractivity contribution in [3.8, 4) is 0 Å². The van der Waals surface area contributed by atoms with Crippen molar-refractivity contribution in [1.82, 2.24) is 4.90 Å². The number of piperazine rings is 1. The zero-order valence-corrected chi connectivity index (χ0v) is 20.0. The van der Waals surface area contributed by atoms with Gasteiger partial charge in [-0.15, -0.1) is 0 Å². The van der Waals surface area contributed by atoms with Gasteiger partial charge in [0.25, 0.3) is 0 Å². The Morgan fingerprint density at radius 1 is 0.971 bits per heavy atom. The quantitative estimate of drug-likeness (QED) is 0.382. The second kappa shape index (κ2) is 9.88. The number of hydrogen-bond donors (Lipinski definition) is 0. The molecule has 1 heterocycles. The number of amides is 1. The molecule has 0 aromatic heterocycles. The lowest BCUT2D eigenvalue weighted by Gasteiger charge is -2.43. The number of halogens is 5. The molecule has 0 aliphatic carbocycles. The van der Waals surface area contributed by atoms with E-state index in [-0.39, 0.29) is 18.4 Å². The van der Waals surface area contributed by atoms with Crippen molar-refractivity contribution in [3.05, 3.63) is 99.0 Å². The lowest BCUT2D eigenvalue weighted by atomic mass is 10.00. The van der Waals surface area contributed by atoms with Crippen LogP contribution < -0.4 is 4.90 Å². The molecule has 1 aliphatic heterocycles. The second-order valence-corrected chi connectivity index (χ2v) is 9.27. The minimum absolute atomic E-state index is 0.0385. The second-order valence-electron chi connectivity index (χ2n) is 8.43. The van der Waals surface area contributed by atoms with E-state index in [1.807, 2.05) is 49.4 Å². The van der Waals surface area contributed by atoms with Crippen LogP contribution in [0.2, 0.25) is 10.0 Å². The summed E-state index contributed by atoms with van der Waals surface area (Å²) in [6.45, 7) is 3.44. The average molecular weight is 507 g/mol. The van der Waals surface area contributed by atoms with E-state index in [1.165, 1.54) is 12.1 Å². The van der Waals surface area contributed by atoms with Gasteiger partial charge in [-0.05, 0) is 60.0 Å². The largest absolute Gasteiger partial charge is 0.416 e. The van der Waals surface area contributed by atoms with Crippen molar-refractivity contribution in [2.45, 2.75) is 25.6 Å². The summed E-state index contributed by atoms with van der Waals surface area (Å²) in [6.07, 6.45) is -4.36. The monoisotopic (exact) mass is 506 g/mol. The Labute approximate surface area is 206 Å². The van der Waals surface area contributed by atoms with Crippen molar-refractivity contribution in [2.24, 2.45) is 0 Å². The summed E-state index contributed by atoms with van der Waals surface area (Å²) in [4.78, 5) is 17.0. The molecule has 8 heteroatoms. The third kappa shape index (κ3) is 5.50. The number of hydrogen-bond acceptors (Lipinski definition) is 2. The molecule has 0 radical (unpaired) electrons. The lowest BCUT2D eigenvalue weighted by molar-refractivity contribution is -0.137. The highest BCUT2D eigenvalue weighted by Crippen LogP contribution is 2.36. The van der Waals surface area contributed by atoms with Gasteiger partial charge in [-0.2, -0.15) is 13.2 Å². The fourth-order valence-corrected chi connectivity index (χ4v) is 4.68. The maximum Gasteiger partial charge on any atom is 0.416 e. The maximum atomic E-state index is 13.1. The van der Waals surface area contributed by atoms with Gasteiger partial charge in [0.2, 0.25) is 5.91 Å². The Morgan fingerprint density at radius 2 is 1.65 bits per heavy atom. The first kappa shape index (κ1) is 24.4. The first-order valence-electron chi connectivity index (χ1n) is 10.8. The van der Waals surface area contributed by atoms with Crippen LogP contribution in [-0.2, 0) is 17.4 Å². The number of carbonyl (C=O) groups is 1.